The van der Waals surface area contributed by atoms with E-state index in [1.807, 2.05) is 38.1 Å². The number of sulfone groups is 1. The van der Waals surface area contributed by atoms with Crippen LogP contribution in [0.1, 0.15) is 37.0 Å². The number of carbonyl (C=O) groups is 2. The van der Waals surface area contributed by atoms with E-state index in [1.54, 1.807) is 0 Å². The van der Waals surface area contributed by atoms with Crippen molar-refractivity contribution in [1.82, 2.24) is 4.90 Å². The number of aromatic hydroxyl groups is 1. The summed E-state index contributed by atoms with van der Waals surface area (Å²) in [6, 6.07) is 9.68. The number of esters is 1. The van der Waals surface area contributed by atoms with Gasteiger partial charge in [-0.15, -0.1) is 0 Å². The van der Waals surface area contributed by atoms with Crippen molar-refractivity contribution in [2.45, 2.75) is 38.8 Å². The van der Waals surface area contributed by atoms with Crippen molar-refractivity contribution < 1.29 is 27.9 Å². The number of rotatable bonds is 6. The standard InChI is InChI=1S/C21H25NO6S/c1-3-14(2)22(17-8-9-29(26,27)13-17)20(24)12-28-21(25)18-10-15-6-4-5-7-16(15)11-19(18)23/h4-7,10-11,14,17,23H,3,8-9,12-13H2,1-2H3/t14-,17-/m1/s1. The van der Waals surface area contributed by atoms with E-state index >= 15 is 0 Å². The molecular formula is C21H25NO6S. The number of amides is 1. The first kappa shape index (κ1) is 21.1. The Morgan fingerprint density at radius 3 is 2.48 bits per heavy atom. The van der Waals surface area contributed by atoms with Crippen molar-refractivity contribution in [2.75, 3.05) is 18.1 Å². The van der Waals surface area contributed by atoms with E-state index in [4.69, 9.17) is 4.74 Å². The van der Waals surface area contributed by atoms with Crippen molar-refractivity contribution in [1.29, 1.82) is 0 Å². The predicted molar refractivity (Wildman–Crippen MR) is 110 cm³/mol. The quantitative estimate of drug-likeness (QED) is 0.722. The van der Waals surface area contributed by atoms with E-state index in [-0.39, 0.29) is 28.9 Å². The molecule has 1 amide bonds. The van der Waals surface area contributed by atoms with Gasteiger partial charge >= 0.3 is 5.97 Å². The Morgan fingerprint density at radius 1 is 1.24 bits per heavy atom. The number of benzene rings is 2. The van der Waals surface area contributed by atoms with Gasteiger partial charge < -0.3 is 14.7 Å². The zero-order valence-electron chi connectivity index (χ0n) is 16.5. The lowest BCUT2D eigenvalue weighted by Crippen LogP contribution is -2.48. The Labute approximate surface area is 170 Å². The highest BCUT2D eigenvalue weighted by Crippen LogP contribution is 2.26. The normalized spacial score (nSPS) is 19.0. The molecule has 1 N–H and O–H groups in total. The minimum atomic E-state index is -3.15. The molecule has 2 aromatic rings. The van der Waals surface area contributed by atoms with Gasteiger partial charge in [0.15, 0.2) is 16.4 Å². The van der Waals surface area contributed by atoms with Crippen molar-refractivity contribution >= 4 is 32.5 Å². The number of hydrogen-bond donors (Lipinski definition) is 1. The smallest absolute Gasteiger partial charge is 0.342 e. The van der Waals surface area contributed by atoms with Crippen LogP contribution in [0.25, 0.3) is 10.8 Å². The fraction of sp³-hybridized carbons (Fsp3) is 0.429. The third-order valence-corrected chi connectivity index (χ3v) is 7.12. The van der Waals surface area contributed by atoms with Crippen LogP contribution in [0, 0.1) is 0 Å². The lowest BCUT2D eigenvalue weighted by Gasteiger charge is -2.33. The molecule has 1 aliphatic rings. The van der Waals surface area contributed by atoms with Gasteiger partial charge in [0.1, 0.15) is 11.3 Å². The molecular weight excluding hydrogens is 394 g/mol. The van der Waals surface area contributed by atoms with E-state index in [0.717, 1.165) is 10.8 Å². The molecule has 0 aliphatic carbocycles. The lowest BCUT2D eigenvalue weighted by molar-refractivity contribution is -0.138. The number of hydrogen-bond acceptors (Lipinski definition) is 6. The maximum atomic E-state index is 12.8. The molecule has 1 saturated heterocycles. The van der Waals surface area contributed by atoms with Gasteiger partial charge in [-0.2, -0.15) is 0 Å². The molecule has 2 aromatic carbocycles. The van der Waals surface area contributed by atoms with Gasteiger partial charge in [0.2, 0.25) is 0 Å². The summed E-state index contributed by atoms with van der Waals surface area (Å²) in [5, 5.41) is 11.7. The van der Waals surface area contributed by atoms with E-state index in [1.165, 1.54) is 17.0 Å². The van der Waals surface area contributed by atoms with Crippen LogP contribution < -0.4 is 0 Å². The van der Waals surface area contributed by atoms with Crippen LogP contribution in [0.5, 0.6) is 5.75 Å². The molecule has 1 heterocycles. The number of ether oxygens (including phenoxy) is 1. The summed E-state index contributed by atoms with van der Waals surface area (Å²) in [7, 11) is -3.15. The van der Waals surface area contributed by atoms with Crippen molar-refractivity contribution in [3.05, 3.63) is 42.0 Å². The zero-order chi connectivity index (χ0) is 21.2. The van der Waals surface area contributed by atoms with Crippen LogP contribution in [0.3, 0.4) is 0 Å². The monoisotopic (exact) mass is 419 g/mol. The Morgan fingerprint density at radius 2 is 1.90 bits per heavy atom. The number of fused-ring (bicyclic) bond motifs is 1. The molecule has 7 nitrogen and oxygen atoms in total. The van der Waals surface area contributed by atoms with Crippen molar-refractivity contribution in [2.24, 2.45) is 0 Å². The van der Waals surface area contributed by atoms with Gasteiger partial charge in [0.05, 0.1) is 11.5 Å². The summed E-state index contributed by atoms with van der Waals surface area (Å²) >= 11 is 0. The number of carbonyl (C=O) groups excluding carboxylic acids is 2. The zero-order valence-corrected chi connectivity index (χ0v) is 17.3. The molecule has 156 valence electrons. The molecule has 0 bridgehead atoms. The highest BCUT2D eigenvalue weighted by Gasteiger charge is 2.36. The minimum Gasteiger partial charge on any atom is -0.507 e. The molecule has 0 unspecified atom stereocenters. The summed E-state index contributed by atoms with van der Waals surface area (Å²) in [4.78, 5) is 26.7. The second-order valence-electron chi connectivity index (χ2n) is 7.41. The third-order valence-electron chi connectivity index (χ3n) is 5.37. The van der Waals surface area contributed by atoms with Crippen LogP contribution in [0.4, 0.5) is 0 Å². The molecule has 2 atom stereocenters. The van der Waals surface area contributed by atoms with Crippen LogP contribution in [-0.4, -0.2) is 60.5 Å². The van der Waals surface area contributed by atoms with Crippen LogP contribution in [0.2, 0.25) is 0 Å². The summed E-state index contributed by atoms with van der Waals surface area (Å²) < 4.78 is 28.8. The molecule has 1 aliphatic heterocycles. The lowest BCUT2D eigenvalue weighted by atomic mass is 10.1. The first-order valence-corrected chi connectivity index (χ1v) is 11.4. The molecule has 0 radical (unpaired) electrons. The van der Waals surface area contributed by atoms with Gasteiger partial charge in [-0.25, -0.2) is 13.2 Å². The van der Waals surface area contributed by atoms with Crippen LogP contribution in [0.15, 0.2) is 36.4 Å². The Kier molecular flexibility index (Phi) is 6.12. The first-order chi connectivity index (χ1) is 13.7. The van der Waals surface area contributed by atoms with E-state index in [9.17, 15) is 23.1 Å². The third kappa shape index (κ3) is 4.70. The van der Waals surface area contributed by atoms with Crippen molar-refractivity contribution in [3.8, 4) is 5.75 Å². The molecule has 8 heteroatoms. The summed E-state index contributed by atoms with van der Waals surface area (Å²) in [6.07, 6.45) is 1.04. The second-order valence-corrected chi connectivity index (χ2v) is 9.64. The largest absolute Gasteiger partial charge is 0.507 e. The Hall–Kier alpha value is -2.61. The summed E-state index contributed by atoms with van der Waals surface area (Å²) in [6.45, 7) is 3.25. The molecule has 29 heavy (non-hydrogen) atoms. The minimum absolute atomic E-state index is 0.0185. The average molecular weight is 419 g/mol. The summed E-state index contributed by atoms with van der Waals surface area (Å²) in [5.41, 5.74) is -0.0185. The second kappa shape index (κ2) is 8.41. The highest BCUT2D eigenvalue weighted by atomic mass is 32.2. The fourth-order valence-corrected chi connectivity index (χ4v) is 5.38. The van der Waals surface area contributed by atoms with Gasteiger partial charge in [-0.05, 0) is 42.7 Å². The average Bonchev–Trinajstić information content (AvgIpc) is 3.04. The topological polar surface area (TPSA) is 101 Å². The van der Waals surface area contributed by atoms with E-state index < -0.39 is 34.4 Å². The summed E-state index contributed by atoms with van der Waals surface area (Å²) in [5.74, 6) is -1.47. The Balaban J connectivity index is 1.72. The number of nitrogens with zero attached hydrogens (tertiary/aromatic N) is 1. The number of phenolic OH excluding ortho intramolecular Hbond substituents is 1. The molecule has 0 saturated carbocycles. The first-order valence-electron chi connectivity index (χ1n) is 9.62. The molecule has 0 spiro atoms. The van der Waals surface area contributed by atoms with Gasteiger partial charge in [-0.1, -0.05) is 31.2 Å². The van der Waals surface area contributed by atoms with Crippen LogP contribution in [-0.2, 0) is 19.4 Å². The van der Waals surface area contributed by atoms with Gasteiger partial charge in [-0.3, -0.25) is 4.79 Å². The van der Waals surface area contributed by atoms with E-state index in [0.29, 0.717) is 12.8 Å². The molecule has 3 rings (SSSR count). The van der Waals surface area contributed by atoms with Gasteiger partial charge in [0.25, 0.3) is 5.91 Å². The maximum absolute atomic E-state index is 12.8. The fourth-order valence-electron chi connectivity index (χ4n) is 3.67. The Bertz CT molecular complexity index is 1030. The highest BCUT2D eigenvalue weighted by molar-refractivity contribution is 7.91. The maximum Gasteiger partial charge on any atom is 0.342 e. The molecule has 0 aromatic heterocycles. The molecule has 1 fully saturated rings. The number of phenols is 1. The predicted octanol–water partition coefficient (Wildman–Crippen LogP) is 2.52. The SMILES string of the molecule is CC[C@@H](C)N(C(=O)COC(=O)c1cc2ccccc2cc1O)[C@@H]1CCS(=O)(=O)C1. The van der Waals surface area contributed by atoms with E-state index in [2.05, 4.69) is 0 Å². The van der Waals surface area contributed by atoms with Crippen LogP contribution >= 0.6 is 0 Å². The van der Waals surface area contributed by atoms with Crippen molar-refractivity contribution in [3.63, 3.8) is 0 Å². The van der Waals surface area contributed by atoms with Gasteiger partial charge in [0, 0.05) is 12.1 Å².